The van der Waals surface area contributed by atoms with Crippen molar-refractivity contribution < 1.29 is 14.3 Å². The third-order valence-corrected chi connectivity index (χ3v) is 4.02. The molecule has 0 fully saturated rings. The molecule has 0 bridgehead atoms. The number of ketones is 1. The minimum atomic E-state index is 0.0878. The van der Waals surface area contributed by atoms with Crippen molar-refractivity contribution in [1.29, 1.82) is 0 Å². The van der Waals surface area contributed by atoms with E-state index in [0.717, 1.165) is 34.5 Å². The molecule has 0 unspecified atom stereocenters. The van der Waals surface area contributed by atoms with Crippen LogP contribution in [-0.4, -0.2) is 33.1 Å². The highest BCUT2D eigenvalue weighted by Crippen LogP contribution is 2.27. The predicted octanol–water partition coefficient (Wildman–Crippen LogP) is 3.48. The van der Waals surface area contributed by atoms with Crippen LogP contribution in [0.1, 0.15) is 15.9 Å². The first kappa shape index (κ1) is 17.5. The van der Waals surface area contributed by atoms with E-state index in [9.17, 15) is 4.79 Å². The lowest BCUT2D eigenvalue weighted by Gasteiger charge is -2.10. The highest BCUT2D eigenvalue weighted by Gasteiger charge is 2.06. The normalized spacial score (nSPS) is 10.4. The molecule has 0 radical (unpaired) electrons. The number of halogens is 1. The Bertz CT molecular complexity index is 656. The average molecular weight is 378 g/mol. The molecule has 0 atom stereocenters. The highest BCUT2D eigenvalue weighted by atomic mass is 79.9. The lowest BCUT2D eigenvalue weighted by molar-refractivity contribution is 0.0991. The van der Waals surface area contributed by atoms with Crippen molar-refractivity contribution in [2.24, 2.45) is 0 Å². The summed E-state index contributed by atoms with van der Waals surface area (Å²) in [5.41, 5.74) is 1.85. The van der Waals surface area contributed by atoms with Crippen LogP contribution in [0.2, 0.25) is 0 Å². The van der Waals surface area contributed by atoms with E-state index in [1.165, 1.54) is 0 Å². The van der Waals surface area contributed by atoms with Crippen LogP contribution in [-0.2, 0) is 6.42 Å². The van der Waals surface area contributed by atoms with Crippen molar-refractivity contribution in [3.63, 3.8) is 0 Å². The van der Waals surface area contributed by atoms with Crippen molar-refractivity contribution in [1.82, 2.24) is 5.32 Å². The molecule has 0 aliphatic heterocycles. The van der Waals surface area contributed by atoms with Gasteiger partial charge >= 0.3 is 0 Å². The van der Waals surface area contributed by atoms with Crippen LogP contribution in [0.4, 0.5) is 0 Å². The Hall–Kier alpha value is -1.85. The minimum Gasteiger partial charge on any atom is -0.493 e. The number of methoxy groups -OCH3 is 2. The van der Waals surface area contributed by atoms with E-state index in [0.29, 0.717) is 12.1 Å². The lowest BCUT2D eigenvalue weighted by Crippen LogP contribution is -2.25. The Balaban J connectivity index is 1.81. The van der Waals surface area contributed by atoms with Gasteiger partial charge in [0.05, 0.1) is 20.8 Å². The molecule has 2 aromatic rings. The summed E-state index contributed by atoms with van der Waals surface area (Å²) in [4.78, 5) is 12.0. The number of ether oxygens (including phenoxy) is 2. The van der Waals surface area contributed by atoms with E-state index in [2.05, 4.69) is 21.2 Å². The number of Topliss-reactive ketones (excluding diaryl/α,β-unsaturated/α-hetero) is 1. The van der Waals surface area contributed by atoms with E-state index < -0.39 is 0 Å². The van der Waals surface area contributed by atoms with Crippen molar-refractivity contribution >= 4 is 21.7 Å². The highest BCUT2D eigenvalue weighted by molar-refractivity contribution is 9.10. The Morgan fingerprint density at radius 1 is 1.04 bits per heavy atom. The molecule has 0 saturated heterocycles. The van der Waals surface area contributed by atoms with Crippen molar-refractivity contribution in [2.45, 2.75) is 6.42 Å². The zero-order chi connectivity index (χ0) is 16.7. The third kappa shape index (κ3) is 5.08. The number of benzene rings is 2. The SMILES string of the molecule is COc1ccc(CCNCC(=O)c2ccc(Br)cc2)cc1OC. The molecule has 5 heteroatoms. The molecule has 0 spiro atoms. The molecule has 122 valence electrons. The van der Waals surface area contributed by atoms with Gasteiger partial charge in [0.15, 0.2) is 17.3 Å². The van der Waals surface area contributed by atoms with E-state index >= 15 is 0 Å². The molecular formula is C18H20BrNO3. The number of hydrogen-bond acceptors (Lipinski definition) is 4. The maximum absolute atomic E-state index is 12.0. The van der Waals surface area contributed by atoms with E-state index in [1.54, 1.807) is 14.2 Å². The van der Waals surface area contributed by atoms with Crippen LogP contribution in [0, 0.1) is 0 Å². The summed E-state index contributed by atoms with van der Waals surface area (Å²) in [7, 11) is 3.24. The van der Waals surface area contributed by atoms with Crippen molar-refractivity contribution in [2.75, 3.05) is 27.3 Å². The fourth-order valence-electron chi connectivity index (χ4n) is 2.21. The topological polar surface area (TPSA) is 47.6 Å². The second-order valence-electron chi connectivity index (χ2n) is 5.05. The minimum absolute atomic E-state index is 0.0878. The summed E-state index contributed by atoms with van der Waals surface area (Å²) in [6.07, 6.45) is 0.813. The third-order valence-electron chi connectivity index (χ3n) is 3.49. The molecule has 2 aromatic carbocycles. The maximum atomic E-state index is 12.0. The van der Waals surface area contributed by atoms with Gasteiger partial charge in [-0.25, -0.2) is 0 Å². The van der Waals surface area contributed by atoms with Gasteiger partial charge in [-0.05, 0) is 42.8 Å². The van der Waals surface area contributed by atoms with E-state index in [-0.39, 0.29) is 5.78 Å². The quantitative estimate of drug-likeness (QED) is 0.565. The van der Waals surface area contributed by atoms with Gasteiger partial charge in [0, 0.05) is 10.0 Å². The zero-order valence-electron chi connectivity index (χ0n) is 13.3. The summed E-state index contributed by atoms with van der Waals surface area (Å²) >= 11 is 3.36. The molecule has 0 aromatic heterocycles. The smallest absolute Gasteiger partial charge is 0.176 e. The zero-order valence-corrected chi connectivity index (χ0v) is 14.9. The van der Waals surface area contributed by atoms with Gasteiger partial charge in [-0.3, -0.25) is 4.79 Å². The van der Waals surface area contributed by atoms with Crippen LogP contribution in [0.5, 0.6) is 11.5 Å². The van der Waals surface area contributed by atoms with Crippen LogP contribution in [0.15, 0.2) is 46.9 Å². The number of carbonyl (C=O) groups is 1. The number of hydrogen-bond donors (Lipinski definition) is 1. The Labute approximate surface area is 144 Å². The Morgan fingerprint density at radius 2 is 1.74 bits per heavy atom. The lowest BCUT2D eigenvalue weighted by atomic mass is 10.1. The summed E-state index contributed by atoms with van der Waals surface area (Å²) in [5, 5.41) is 3.18. The molecule has 4 nitrogen and oxygen atoms in total. The first-order valence-electron chi connectivity index (χ1n) is 7.34. The summed E-state index contributed by atoms with van der Waals surface area (Å²) in [5.74, 6) is 1.52. The molecule has 1 N–H and O–H groups in total. The fraction of sp³-hybridized carbons (Fsp3) is 0.278. The summed E-state index contributed by atoms with van der Waals surface area (Å²) < 4.78 is 11.5. The summed E-state index contributed by atoms with van der Waals surface area (Å²) in [6, 6.07) is 13.2. The molecule has 0 saturated carbocycles. The van der Waals surface area contributed by atoms with Crippen LogP contribution in [0.25, 0.3) is 0 Å². The van der Waals surface area contributed by atoms with Crippen molar-refractivity contribution in [3.05, 3.63) is 58.1 Å². The summed E-state index contributed by atoms with van der Waals surface area (Å²) in [6.45, 7) is 1.05. The molecule has 0 heterocycles. The predicted molar refractivity (Wildman–Crippen MR) is 94.6 cm³/mol. The van der Waals surface area contributed by atoms with Gasteiger partial charge in [-0.2, -0.15) is 0 Å². The maximum Gasteiger partial charge on any atom is 0.176 e. The molecule has 0 aliphatic rings. The van der Waals surface area contributed by atoms with E-state index in [4.69, 9.17) is 9.47 Å². The molecular weight excluding hydrogens is 358 g/mol. The largest absolute Gasteiger partial charge is 0.493 e. The van der Waals surface area contributed by atoms with E-state index in [1.807, 2.05) is 42.5 Å². The molecule has 0 amide bonds. The van der Waals surface area contributed by atoms with Gasteiger partial charge in [0.25, 0.3) is 0 Å². The van der Waals surface area contributed by atoms with Gasteiger partial charge in [0.2, 0.25) is 0 Å². The monoisotopic (exact) mass is 377 g/mol. The van der Waals surface area contributed by atoms with Crippen LogP contribution in [0.3, 0.4) is 0 Å². The van der Waals surface area contributed by atoms with Gasteiger partial charge in [0.1, 0.15) is 0 Å². The van der Waals surface area contributed by atoms with Crippen molar-refractivity contribution in [3.8, 4) is 11.5 Å². The van der Waals surface area contributed by atoms with Gasteiger partial charge in [-0.1, -0.05) is 34.1 Å². The fourth-order valence-corrected chi connectivity index (χ4v) is 2.47. The van der Waals surface area contributed by atoms with Gasteiger partial charge < -0.3 is 14.8 Å². The van der Waals surface area contributed by atoms with Crippen LogP contribution >= 0.6 is 15.9 Å². The second kappa shape index (κ2) is 8.70. The van der Waals surface area contributed by atoms with Crippen LogP contribution < -0.4 is 14.8 Å². The second-order valence-corrected chi connectivity index (χ2v) is 5.96. The standard InChI is InChI=1S/C18H20BrNO3/c1-22-17-8-3-13(11-18(17)23-2)9-10-20-12-16(21)14-4-6-15(19)7-5-14/h3-8,11,20H,9-10,12H2,1-2H3. The number of rotatable bonds is 8. The first-order chi connectivity index (χ1) is 11.1. The molecule has 2 rings (SSSR count). The molecule has 0 aliphatic carbocycles. The Kier molecular flexibility index (Phi) is 6.62. The average Bonchev–Trinajstić information content (AvgIpc) is 2.58. The molecule has 23 heavy (non-hydrogen) atoms. The number of nitrogens with one attached hydrogen (secondary N) is 1. The van der Waals surface area contributed by atoms with Gasteiger partial charge in [-0.15, -0.1) is 0 Å². The Morgan fingerprint density at radius 3 is 2.39 bits per heavy atom. The first-order valence-corrected chi connectivity index (χ1v) is 8.13. The number of carbonyl (C=O) groups excluding carboxylic acids is 1.